The zero-order valence-electron chi connectivity index (χ0n) is 16.7. The molecule has 2 rings (SSSR count). The Labute approximate surface area is 157 Å². The number of carbonyl (C=O) groups is 2. The first-order valence-electron chi connectivity index (χ1n) is 9.49. The molecule has 1 heterocycles. The lowest BCUT2D eigenvalue weighted by Crippen LogP contribution is -2.42. The van der Waals surface area contributed by atoms with Crippen LogP contribution in [0.2, 0.25) is 0 Å². The standard InChI is InChI=1S/C21H32N2O3/c1-16(2)26-18-9-7-17(8-10-18)15-19(24)22-11-6-12-23(14-13-22)20(25)21(3,4)5/h7-10,16H,6,11-15H2,1-5H3. The van der Waals surface area contributed by atoms with E-state index in [2.05, 4.69) is 0 Å². The van der Waals surface area contributed by atoms with Gasteiger partial charge in [-0.25, -0.2) is 0 Å². The molecule has 1 aliphatic heterocycles. The fourth-order valence-electron chi connectivity index (χ4n) is 3.09. The van der Waals surface area contributed by atoms with Crippen molar-refractivity contribution in [1.82, 2.24) is 9.80 Å². The van der Waals surface area contributed by atoms with Crippen molar-refractivity contribution in [2.75, 3.05) is 26.2 Å². The largest absolute Gasteiger partial charge is 0.491 e. The van der Waals surface area contributed by atoms with Gasteiger partial charge in [0, 0.05) is 31.6 Å². The van der Waals surface area contributed by atoms with Crippen molar-refractivity contribution in [3.63, 3.8) is 0 Å². The molecule has 1 aromatic carbocycles. The summed E-state index contributed by atoms with van der Waals surface area (Å²) in [5, 5.41) is 0. The van der Waals surface area contributed by atoms with Crippen LogP contribution in [0.3, 0.4) is 0 Å². The molecule has 0 unspecified atom stereocenters. The van der Waals surface area contributed by atoms with Gasteiger partial charge in [-0.1, -0.05) is 32.9 Å². The van der Waals surface area contributed by atoms with Crippen LogP contribution in [0.25, 0.3) is 0 Å². The van der Waals surface area contributed by atoms with Gasteiger partial charge in [0.25, 0.3) is 0 Å². The van der Waals surface area contributed by atoms with Crippen LogP contribution in [0.15, 0.2) is 24.3 Å². The number of benzene rings is 1. The molecule has 1 aliphatic rings. The van der Waals surface area contributed by atoms with Gasteiger partial charge in [0.2, 0.25) is 11.8 Å². The minimum absolute atomic E-state index is 0.118. The van der Waals surface area contributed by atoms with Crippen LogP contribution in [-0.4, -0.2) is 53.9 Å². The van der Waals surface area contributed by atoms with Gasteiger partial charge in [-0.05, 0) is 38.0 Å². The quantitative estimate of drug-likeness (QED) is 0.829. The Hall–Kier alpha value is -2.04. The van der Waals surface area contributed by atoms with Crippen molar-refractivity contribution >= 4 is 11.8 Å². The number of amides is 2. The molecule has 1 saturated heterocycles. The second-order valence-corrected chi connectivity index (χ2v) is 8.26. The average molecular weight is 360 g/mol. The maximum absolute atomic E-state index is 12.6. The molecule has 0 saturated carbocycles. The van der Waals surface area contributed by atoms with Crippen molar-refractivity contribution in [2.45, 2.75) is 53.6 Å². The van der Waals surface area contributed by atoms with Crippen molar-refractivity contribution < 1.29 is 14.3 Å². The van der Waals surface area contributed by atoms with Gasteiger partial charge < -0.3 is 14.5 Å². The molecule has 5 nitrogen and oxygen atoms in total. The van der Waals surface area contributed by atoms with Crippen molar-refractivity contribution in [3.8, 4) is 5.75 Å². The second kappa shape index (κ2) is 8.56. The van der Waals surface area contributed by atoms with Crippen LogP contribution in [0.4, 0.5) is 0 Å². The number of hydrogen-bond acceptors (Lipinski definition) is 3. The first-order valence-corrected chi connectivity index (χ1v) is 9.49. The summed E-state index contributed by atoms with van der Waals surface area (Å²) < 4.78 is 5.64. The van der Waals surface area contributed by atoms with Crippen LogP contribution >= 0.6 is 0 Å². The maximum atomic E-state index is 12.6. The van der Waals surface area contributed by atoms with Gasteiger partial charge in [0.15, 0.2) is 0 Å². The van der Waals surface area contributed by atoms with Gasteiger partial charge in [0.05, 0.1) is 12.5 Å². The zero-order valence-corrected chi connectivity index (χ0v) is 16.7. The Kier molecular flexibility index (Phi) is 6.68. The van der Waals surface area contributed by atoms with Crippen LogP contribution in [0.1, 0.15) is 46.6 Å². The van der Waals surface area contributed by atoms with E-state index in [1.54, 1.807) is 0 Å². The summed E-state index contributed by atoms with van der Waals surface area (Å²) in [6.07, 6.45) is 1.35. The molecule has 144 valence electrons. The molecule has 0 atom stereocenters. The lowest BCUT2D eigenvalue weighted by atomic mass is 9.94. The zero-order chi connectivity index (χ0) is 19.3. The third kappa shape index (κ3) is 5.75. The number of carbonyl (C=O) groups excluding carboxylic acids is 2. The highest BCUT2D eigenvalue weighted by Gasteiger charge is 2.29. The fraction of sp³-hybridized carbons (Fsp3) is 0.619. The molecular formula is C21H32N2O3. The Morgan fingerprint density at radius 2 is 1.58 bits per heavy atom. The van der Waals surface area contributed by atoms with Crippen molar-refractivity contribution in [2.24, 2.45) is 5.41 Å². The molecule has 0 spiro atoms. The normalized spacial score (nSPS) is 15.8. The van der Waals surface area contributed by atoms with Crippen LogP contribution in [-0.2, 0) is 16.0 Å². The second-order valence-electron chi connectivity index (χ2n) is 8.26. The maximum Gasteiger partial charge on any atom is 0.228 e. The van der Waals surface area contributed by atoms with Gasteiger partial charge in [0.1, 0.15) is 5.75 Å². The summed E-state index contributed by atoms with van der Waals surface area (Å²) in [4.78, 5) is 28.9. The van der Waals surface area contributed by atoms with Crippen LogP contribution < -0.4 is 4.74 Å². The Bertz CT molecular complexity index is 617. The van der Waals surface area contributed by atoms with Crippen LogP contribution in [0, 0.1) is 5.41 Å². The lowest BCUT2D eigenvalue weighted by molar-refractivity contribution is -0.139. The molecule has 0 aromatic heterocycles. The van der Waals surface area contributed by atoms with E-state index in [4.69, 9.17) is 4.74 Å². The first-order chi connectivity index (χ1) is 12.2. The molecule has 1 aromatic rings. The number of rotatable bonds is 4. The molecule has 0 N–H and O–H groups in total. The van der Waals surface area contributed by atoms with E-state index in [0.717, 1.165) is 24.3 Å². The summed E-state index contributed by atoms with van der Waals surface area (Å²) in [7, 11) is 0. The lowest BCUT2D eigenvalue weighted by Gasteiger charge is -2.28. The SMILES string of the molecule is CC(C)Oc1ccc(CC(=O)N2CCCN(C(=O)C(C)(C)C)CC2)cc1. The fourth-order valence-corrected chi connectivity index (χ4v) is 3.09. The summed E-state index contributed by atoms with van der Waals surface area (Å²) >= 11 is 0. The van der Waals surface area contributed by atoms with Gasteiger partial charge in [-0.3, -0.25) is 9.59 Å². The molecular weight excluding hydrogens is 328 g/mol. The molecule has 2 amide bonds. The monoisotopic (exact) mass is 360 g/mol. The van der Waals surface area contributed by atoms with Crippen LogP contribution in [0.5, 0.6) is 5.75 Å². The van der Waals surface area contributed by atoms with E-state index in [0.29, 0.717) is 26.1 Å². The van der Waals surface area contributed by atoms with E-state index >= 15 is 0 Å². The van der Waals surface area contributed by atoms with E-state index in [9.17, 15) is 9.59 Å². The molecule has 0 bridgehead atoms. The van der Waals surface area contributed by atoms with Gasteiger partial charge >= 0.3 is 0 Å². The Morgan fingerprint density at radius 3 is 2.15 bits per heavy atom. The summed E-state index contributed by atoms with van der Waals surface area (Å²) in [5.41, 5.74) is 0.608. The summed E-state index contributed by atoms with van der Waals surface area (Å²) in [6.45, 7) is 12.5. The third-order valence-corrected chi connectivity index (χ3v) is 4.43. The summed E-state index contributed by atoms with van der Waals surface area (Å²) in [5.74, 6) is 1.10. The van der Waals surface area contributed by atoms with Crippen molar-refractivity contribution in [3.05, 3.63) is 29.8 Å². The Balaban J connectivity index is 1.91. The highest BCUT2D eigenvalue weighted by molar-refractivity contribution is 5.82. The highest BCUT2D eigenvalue weighted by atomic mass is 16.5. The molecule has 0 radical (unpaired) electrons. The Morgan fingerprint density at radius 1 is 1.00 bits per heavy atom. The molecule has 26 heavy (non-hydrogen) atoms. The first kappa shape index (κ1) is 20.3. The topological polar surface area (TPSA) is 49.9 Å². The summed E-state index contributed by atoms with van der Waals surface area (Å²) in [6, 6.07) is 7.72. The smallest absolute Gasteiger partial charge is 0.228 e. The predicted octanol–water partition coefficient (Wildman–Crippen LogP) is 3.12. The van der Waals surface area contributed by atoms with E-state index < -0.39 is 0 Å². The highest BCUT2D eigenvalue weighted by Crippen LogP contribution is 2.19. The average Bonchev–Trinajstić information content (AvgIpc) is 2.80. The van der Waals surface area contributed by atoms with E-state index in [1.807, 2.05) is 68.7 Å². The predicted molar refractivity (Wildman–Crippen MR) is 103 cm³/mol. The van der Waals surface area contributed by atoms with Gasteiger partial charge in [-0.2, -0.15) is 0 Å². The van der Waals surface area contributed by atoms with E-state index in [1.165, 1.54) is 0 Å². The van der Waals surface area contributed by atoms with Gasteiger partial charge in [-0.15, -0.1) is 0 Å². The van der Waals surface area contributed by atoms with E-state index in [-0.39, 0.29) is 23.3 Å². The number of ether oxygens (including phenoxy) is 1. The minimum atomic E-state index is -0.376. The molecule has 1 fully saturated rings. The minimum Gasteiger partial charge on any atom is -0.491 e. The molecule has 0 aliphatic carbocycles. The number of hydrogen-bond donors (Lipinski definition) is 0. The number of nitrogens with zero attached hydrogens (tertiary/aromatic N) is 2. The molecule has 5 heteroatoms. The van der Waals surface area contributed by atoms with Crippen molar-refractivity contribution in [1.29, 1.82) is 0 Å². The third-order valence-electron chi connectivity index (χ3n) is 4.43.